The summed E-state index contributed by atoms with van der Waals surface area (Å²) in [5.41, 5.74) is 1.19. The van der Waals surface area contributed by atoms with E-state index in [9.17, 15) is 19.7 Å². The second-order valence-electron chi connectivity index (χ2n) is 5.66. The van der Waals surface area contributed by atoms with Crippen molar-refractivity contribution in [3.8, 4) is 17.0 Å². The van der Waals surface area contributed by atoms with Crippen LogP contribution in [-0.2, 0) is 4.74 Å². The molecule has 3 aromatic rings. The van der Waals surface area contributed by atoms with Crippen molar-refractivity contribution in [1.82, 2.24) is 9.97 Å². The van der Waals surface area contributed by atoms with Crippen molar-refractivity contribution < 1.29 is 24.0 Å². The second kappa shape index (κ2) is 7.78. The van der Waals surface area contributed by atoms with Crippen molar-refractivity contribution in [3.05, 3.63) is 57.8 Å². The van der Waals surface area contributed by atoms with Gasteiger partial charge in [-0.1, -0.05) is 18.2 Å². The third-order valence-electron chi connectivity index (χ3n) is 3.94. The van der Waals surface area contributed by atoms with Crippen LogP contribution in [0.3, 0.4) is 0 Å². The summed E-state index contributed by atoms with van der Waals surface area (Å²) in [7, 11) is 1.31. The minimum absolute atomic E-state index is 0.0871. The summed E-state index contributed by atoms with van der Waals surface area (Å²) in [6, 6.07) is 9.09. The molecular formula is C19H15N3O6. The summed E-state index contributed by atoms with van der Waals surface area (Å²) < 4.78 is 10.0. The Morgan fingerprint density at radius 2 is 1.96 bits per heavy atom. The largest absolute Gasteiger partial charge is 0.479 e. The molecule has 0 atom stereocenters. The topological polar surface area (TPSA) is 122 Å². The van der Waals surface area contributed by atoms with Gasteiger partial charge in [-0.25, -0.2) is 14.8 Å². The molecule has 0 aliphatic carbocycles. The molecule has 0 spiro atoms. The highest BCUT2D eigenvalue weighted by molar-refractivity contribution is 5.95. The van der Waals surface area contributed by atoms with Crippen LogP contribution in [0.1, 0.15) is 27.8 Å². The number of hydrogen-bond acceptors (Lipinski definition) is 8. The molecule has 1 aromatic heterocycles. The molecule has 0 fully saturated rings. The lowest BCUT2D eigenvalue weighted by molar-refractivity contribution is -0.384. The molecule has 3 rings (SSSR count). The first-order valence-corrected chi connectivity index (χ1v) is 8.25. The number of benzene rings is 2. The maximum Gasteiger partial charge on any atom is 0.362 e. The van der Waals surface area contributed by atoms with Crippen LogP contribution < -0.4 is 4.74 Å². The Hall–Kier alpha value is -3.88. The summed E-state index contributed by atoms with van der Waals surface area (Å²) >= 11 is 0. The average molecular weight is 381 g/mol. The van der Waals surface area contributed by atoms with Gasteiger partial charge in [-0.3, -0.25) is 14.9 Å². The maximum atomic E-state index is 12.1. The molecule has 0 aliphatic rings. The Morgan fingerprint density at radius 1 is 1.21 bits per heavy atom. The molecule has 0 radical (unpaired) electrons. The predicted octanol–water partition coefficient (Wildman–Crippen LogP) is 3.20. The van der Waals surface area contributed by atoms with E-state index in [0.717, 1.165) is 0 Å². The average Bonchev–Trinajstić information content (AvgIpc) is 2.71. The summed E-state index contributed by atoms with van der Waals surface area (Å²) in [6.45, 7) is 1.80. The molecule has 9 nitrogen and oxygen atoms in total. The Labute approximate surface area is 159 Å². The zero-order valence-corrected chi connectivity index (χ0v) is 15.0. The highest BCUT2D eigenvalue weighted by atomic mass is 16.6. The Morgan fingerprint density at radius 3 is 2.61 bits per heavy atom. The smallest absolute Gasteiger partial charge is 0.362 e. The molecule has 28 heavy (non-hydrogen) atoms. The summed E-state index contributed by atoms with van der Waals surface area (Å²) in [5.74, 6) is -0.799. The lowest BCUT2D eigenvalue weighted by atomic mass is 10.0. The number of ether oxygens (including phenoxy) is 2. The molecule has 1 heterocycles. The molecule has 0 aliphatic heterocycles. The zero-order chi connectivity index (χ0) is 20.3. The van der Waals surface area contributed by atoms with Gasteiger partial charge in [0.1, 0.15) is 6.29 Å². The standard InChI is InChI=1S/C19H15N3O6/c1-3-28-19(24)17-18(27-2)21-15-9-16(22(25)26)13(8-14(15)20-17)12-6-4-5-11(7-12)10-23/h4-10H,3H2,1-2H3. The highest BCUT2D eigenvalue weighted by Gasteiger charge is 2.23. The Kier molecular flexibility index (Phi) is 5.25. The number of nitro groups is 1. The van der Waals surface area contributed by atoms with Crippen molar-refractivity contribution in [2.45, 2.75) is 6.92 Å². The van der Waals surface area contributed by atoms with Crippen LogP contribution in [0.5, 0.6) is 5.88 Å². The number of hydrogen-bond donors (Lipinski definition) is 0. The Bertz CT molecular complexity index is 1100. The maximum absolute atomic E-state index is 12.1. The normalized spacial score (nSPS) is 10.5. The number of esters is 1. The van der Waals surface area contributed by atoms with Crippen molar-refractivity contribution in [2.75, 3.05) is 13.7 Å². The van der Waals surface area contributed by atoms with Gasteiger partial charge in [0.25, 0.3) is 5.69 Å². The molecule has 9 heteroatoms. The molecule has 0 bridgehead atoms. The van der Waals surface area contributed by atoms with Gasteiger partial charge < -0.3 is 9.47 Å². The number of rotatable bonds is 6. The lowest BCUT2D eigenvalue weighted by Gasteiger charge is -2.10. The molecule has 2 aromatic carbocycles. The highest BCUT2D eigenvalue weighted by Crippen LogP contribution is 2.34. The third-order valence-corrected chi connectivity index (χ3v) is 3.94. The fourth-order valence-electron chi connectivity index (χ4n) is 2.71. The molecule has 0 unspecified atom stereocenters. The van der Waals surface area contributed by atoms with E-state index >= 15 is 0 Å². The number of nitrogens with zero attached hydrogens (tertiary/aromatic N) is 3. The van der Waals surface area contributed by atoms with Gasteiger partial charge in [0.2, 0.25) is 11.6 Å². The van der Waals surface area contributed by atoms with Crippen LogP contribution >= 0.6 is 0 Å². The first kappa shape index (κ1) is 18.9. The van der Waals surface area contributed by atoms with Crippen molar-refractivity contribution >= 4 is 29.0 Å². The lowest BCUT2D eigenvalue weighted by Crippen LogP contribution is -2.11. The van der Waals surface area contributed by atoms with Gasteiger partial charge in [0, 0.05) is 11.6 Å². The number of carbonyl (C=O) groups excluding carboxylic acids is 2. The summed E-state index contributed by atoms with van der Waals surface area (Å²) in [5, 5.41) is 11.6. The molecule has 0 amide bonds. The number of aromatic nitrogens is 2. The van der Waals surface area contributed by atoms with Crippen molar-refractivity contribution in [3.63, 3.8) is 0 Å². The zero-order valence-electron chi connectivity index (χ0n) is 15.0. The van der Waals surface area contributed by atoms with E-state index in [4.69, 9.17) is 9.47 Å². The van der Waals surface area contributed by atoms with E-state index in [-0.39, 0.29) is 40.5 Å². The van der Waals surface area contributed by atoms with E-state index in [1.165, 1.54) is 25.3 Å². The van der Waals surface area contributed by atoms with E-state index in [0.29, 0.717) is 17.4 Å². The third kappa shape index (κ3) is 3.50. The fourth-order valence-corrected chi connectivity index (χ4v) is 2.71. The molecule has 0 saturated heterocycles. The quantitative estimate of drug-likeness (QED) is 0.276. The second-order valence-corrected chi connectivity index (χ2v) is 5.66. The van der Waals surface area contributed by atoms with E-state index in [1.807, 2.05) is 0 Å². The number of carbonyl (C=O) groups is 2. The van der Waals surface area contributed by atoms with Crippen LogP contribution in [0, 0.1) is 10.1 Å². The fraction of sp³-hybridized carbons (Fsp3) is 0.158. The summed E-state index contributed by atoms with van der Waals surface area (Å²) in [4.78, 5) is 42.6. The minimum Gasteiger partial charge on any atom is -0.479 e. The van der Waals surface area contributed by atoms with Crippen LogP contribution in [0.25, 0.3) is 22.2 Å². The molecular weight excluding hydrogens is 366 g/mol. The van der Waals surface area contributed by atoms with E-state index in [1.54, 1.807) is 25.1 Å². The first-order valence-electron chi connectivity index (χ1n) is 8.25. The van der Waals surface area contributed by atoms with E-state index < -0.39 is 10.9 Å². The van der Waals surface area contributed by atoms with Crippen LogP contribution in [-0.4, -0.2) is 40.9 Å². The van der Waals surface area contributed by atoms with Gasteiger partial charge in [-0.05, 0) is 24.6 Å². The van der Waals surface area contributed by atoms with Crippen LogP contribution in [0.15, 0.2) is 36.4 Å². The number of methoxy groups -OCH3 is 1. The van der Waals surface area contributed by atoms with Crippen LogP contribution in [0.2, 0.25) is 0 Å². The van der Waals surface area contributed by atoms with Gasteiger partial charge in [0.05, 0.1) is 35.2 Å². The minimum atomic E-state index is -0.711. The number of aldehydes is 1. The number of nitro benzene ring substituents is 1. The van der Waals surface area contributed by atoms with E-state index in [2.05, 4.69) is 9.97 Å². The van der Waals surface area contributed by atoms with Gasteiger partial charge in [-0.2, -0.15) is 0 Å². The first-order chi connectivity index (χ1) is 13.5. The van der Waals surface area contributed by atoms with Crippen molar-refractivity contribution in [1.29, 1.82) is 0 Å². The number of fused-ring (bicyclic) bond motifs is 1. The molecule has 142 valence electrons. The monoisotopic (exact) mass is 381 g/mol. The Balaban J connectivity index is 2.28. The van der Waals surface area contributed by atoms with Gasteiger partial charge in [0.15, 0.2) is 0 Å². The predicted molar refractivity (Wildman–Crippen MR) is 99.5 cm³/mol. The van der Waals surface area contributed by atoms with Gasteiger partial charge in [-0.15, -0.1) is 0 Å². The van der Waals surface area contributed by atoms with Crippen LogP contribution in [0.4, 0.5) is 5.69 Å². The SMILES string of the molecule is CCOC(=O)c1nc2cc(-c3cccc(C=O)c3)c([N+](=O)[O-])cc2nc1OC. The molecule has 0 N–H and O–H groups in total. The van der Waals surface area contributed by atoms with Crippen molar-refractivity contribution in [2.24, 2.45) is 0 Å². The van der Waals surface area contributed by atoms with Gasteiger partial charge >= 0.3 is 5.97 Å². The summed E-state index contributed by atoms with van der Waals surface area (Å²) in [6.07, 6.45) is 0.653. The molecule has 0 saturated carbocycles.